The van der Waals surface area contributed by atoms with Crippen molar-refractivity contribution >= 4 is 17.5 Å². The topological polar surface area (TPSA) is 71.8 Å². The molecule has 21 heavy (non-hydrogen) atoms. The summed E-state index contributed by atoms with van der Waals surface area (Å²) in [6.07, 6.45) is 0.647. The van der Waals surface area contributed by atoms with E-state index < -0.39 is 0 Å². The maximum atomic E-state index is 12.1. The molecule has 2 rings (SSSR count). The number of benzene rings is 1. The molecule has 6 nitrogen and oxygen atoms in total. The molecule has 2 aromatic rings. The maximum Gasteiger partial charge on any atom is 0.273 e. The molecule has 0 spiro atoms. The summed E-state index contributed by atoms with van der Waals surface area (Å²) < 4.78 is 1.65. The van der Waals surface area contributed by atoms with Gasteiger partial charge < -0.3 is 10.6 Å². The van der Waals surface area contributed by atoms with Gasteiger partial charge in [0.1, 0.15) is 0 Å². The molecule has 1 aromatic carbocycles. The first kappa shape index (κ1) is 15.5. The van der Waals surface area contributed by atoms with E-state index in [1.54, 1.807) is 16.8 Å². The number of hydrogen-bond donors (Lipinski definition) is 2. The van der Waals surface area contributed by atoms with E-state index in [4.69, 9.17) is 11.6 Å². The van der Waals surface area contributed by atoms with Crippen molar-refractivity contribution in [1.82, 2.24) is 25.6 Å². The third-order valence-corrected chi connectivity index (χ3v) is 3.26. The zero-order valence-corrected chi connectivity index (χ0v) is 12.8. The molecule has 0 saturated heterocycles. The first-order valence-electron chi connectivity index (χ1n) is 6.80. The first-order valence-corrected chi connectivity index (χ1v) is 7.18. The van der Waals surface area contributed by atoms with Crippen LogP contribution in [0.25, 0.3) is 5.69 Å². The van der Waals surface area contributed by atoms with E-state index in [0.717, 1.165) is 11.4 Å². The van der Waals surface area contributed by atoms with Crippen LogP contribution in [-0.2, 0) is 6.42 Å². The molecule has 0 atom stereocenters. The smallest absolute Gasteiger partial charge is 0.273 e. The number of likely N-dealkylation sites (N-methyl/N-ethyl adjacent to an activating group) is 1. The minimum absolute atomic E-state index is 0.213. The molecule has 0 unspecified atom stereocenters. The third kappa shape index (κ3) is 3.59. The van der Waals surface area contributed by atoms with Gasteiger partial charge in [-0.05, 0) is 31.7 Å². The predicted molar refractivity (Wildman–Crippen MR) is 82.0 cm³/mol. The summed E-state index contributed by atoms with van der Waals surface area (Å²) >= 11 is 6.00. The largest absolute Gasteiger partial charge is 0.349 e. The van der Waals surface area contributed by atoms with Gasteiger partial charge in [0.05, 0.1) is 11.4 Å². The summed E-state index contributed by atoms with van der Waals surface area (Å²) in [6.45, 7) is 3.21. The van der Waals surface area contributed by atoms with E-state index in [0.29, 0.717) is 30.2 Å². The van der Waals surface area contributed by atoms with Crippen LogP contribution in [0, 0.1) is 0 Å². The molecular formula is C14H18ClN5O. The van der Waals surface area contributed by atoms with Crippen LogP contribution in [0.5, 0.6) is 0 Å². The number of nitrogens with zero attached hydrogens (tertiary/aromatic N) is 3. The highest BCUT2D eigenvalue weighted by molar-refractivity contribution is 6.30. The van der Waals surface area contributed by atoms with Crippen molar-refractivity contribution in [3.63, 3.8) is 0 Å². The Balaban J connectivity index is 2.28. The second-order valence-corrected chi connectivity index (χ2v) is 4.93. The first-order chi connectivity index (χ1) is 10.2. The Morgan fingerprint density at radius 2 is 2.19 bits per heavy atom. The third-order valence-electron chi connectivity index (χ3n) is 3.03. The minimum Gasteiger partial charge on any atom is -0.349 e. The van der Waals surface area contributed by atoms with Crippen LogP contribution in [-0.4, -0.2) is 41.0 Å². The molecule has 2 N–H and O–H groups in total. The Hall–Kier alpha value is -1.92. The summed E-state index contributed by atoms with van der Waals surface area (Å²) in [5.41, 5.74) is 1.91. The van der Waals surface area contributed by atoms with Crippen molar-refractivity contribution in [3.8, 4) is 5.69 Å². The fourth-order valence-corrected chi connectivity index (χ4v) is 2.18. The zero-order chi connectivity index (χ0) is 15.2. The molecule has 1 heterocycles. The standard InChI is InChI=1S/C14H18ClN5O/c1-3-12-13(14(21)17-8-7-16-2)18-19-20(12)11-6-4-5-10(15)9-11/h4-6,9,16H,3,7-8H2,1-2H3,(H,17,21). The lowest BCUT2D eigenvalue weighted by atomic mass is 10.2. The summed E-state index contributed by atoms with van der Waals surface area (Å²) in [5, 5.41) is 14.5. The average Bonchev–Trinajstić information content (AvgIpc) is 2.91. The van der Waals surface area contributed by atoms with Gasteiger partial charge in [-0.2, -0.15) is 0 Å². The van der Waals surface area contributed by atoms with Crippen molar-refractivity contribution in [2.24, 2.45) is 0 Å². The van der Waals surface area contributed by atoms with E-state index in [-0.39, 0.29) is 5.91 Å². The predicted octanol–water partition coefficient (Wildman–Crippen LogP) is 1.43. The molecule has 0 aliphatic carbocycles. The number of carbonyl (C=O) groups excluding carboxylic acids is 1. The quantitative estimate of drug-likeness (QED) is 0.792. The molecule has 0 aliphatic rings. The highest BCUT2D eigenvalue weighted by Crippen LogP contribution is 2.17. The number of nitrogens with one attached hydrogen (secondary N) is 2. The Kier molecular flexibility index (Phi) is 5.30. The Bertz CT molecular complexity index is 626. The SMILES string of the molecule is CCc1c(C(=O)NCCNC)nnn1-c1cccc(Cl)c1. The van der Waals surface area contributed by atoms with E-state index in [1.807, 2.05) is 26.1 Å². The number of rotatable bonds is 6. The van der Waals surface area contributed by atoms with E-state index in [1.165, 1.54) is 0 Å². The summed E-state index contributed by atoms with van der Waals surface area (Å²) in [5.74, 6) is -0.213. The number of hydrogen-bond acceptors (Lipinski definition) is 4. The van der Waals surface area contributed by atoms with Gasteiger partial charge >= 0.3 is 0 Å². The molecule has 1 aromatic heterocycles. The van der Waals surface area contributed by atoms with Crippen LogP contribution in [0.4, 0.5) is 0 Å². The lowest BCUT2D eigenvalue weighted by Gasteiger charge is -2.07. The summed E-state index contributed by atoms with van der Waals surface area (Å²) in [7, 11) is 1.83. The number of amides is 1. The van der Waals surface area contributed by atoms with Crippen LogP contribution in [0.3, 0.4) is 0 Å². The molecule has 0 bridgehead atoms. The molecular weight excluding hydrogens is 290 g/mol. The van der Waals surface area contributed by atoms with E-state index in [2.05, 4.69) is 20.9 Å². The van der Waals surface area contributed by atoms with Crippen molar-refractivity contribution in [1.29, 1.82) is 0 Å². The van der Waals surface area contributed by atoms with Crippen molar-refractivity contribution in [2.75, 3.05) is 20.1 Å². The minimum atomic E-state index is -0.213. The van der Waals surface area contributed by atoms with Crippen LogP contribution in [0.1, 0.15) is 23.1 Å². The van der Waals surface area contributed by atoms with Gasteiger partial charge in [0.15, 0.2) is 5.69 Å². The van der Waals surface area contributed by atoms with E-state index in [9.17, 15) is 4.79 Å². The monoisotopic (exact) mass is 307 g/mol. The van der Waals surface area contributed by atoms with Crippen LogP contribution in [0.2, 0.25) is 5.02 Å². The highest BCUT2D eigenvalue weighted by atomic mass is 35.5. The highest BCUT2D eigenvalue weighted by Gasteiger charge is 2.18. The molecule has 7 heteroatoms. The molecule has 0 saturated carbocycles. The fourth-order valence-electron chi connectivity index (χ4n) is 2.00. The fraction of sp³-hybridized carbons (Fsp3) is 0.357. The van der Waals surface area contributed by atoms with Gasteiger partial charge in [-0.3, -0.25) is 4.79 Å². The number of halogens is 1. The Labute approximate surface area is 128 Å². The van der Waals surface area contributed by atoms with Crippen molar-refractivity contribution in [3.05, 3.63) is 40.7 Å². The van der Waals surface area contributed by atoms with Gasteiger partial charge in [0.25, 0.3) is 5.91 Å². The van der Waals surface area contributed by atoms with Crippen molar-refractivity contribution < 1.29 is 4.79 Å². The van der Waals surface area contributed by atoms with Gasteiger partial charge in [-0.1, -0.05) is 29.8 Å². The second-order valence-electron chi connectivity index (χ2n) is 4.49. The summed E-state index contributed by atoms with van der Waals surface area (Å²) in [6, 6.07) is 7.30. The maximum absolute atomic E-state index is 12.1. The lowest BCUT2D eigenvalue weighted by molar-refractivity contribution is 0.0948. The summed E-state index contributed by atoms with van der Waals surface area (Å²) in [4.78, 5) is 12.1. The number of aromatic nitrogens is 3. The molecule has 0 radical (unpaired) electrons. The molecule has 112 valence electrons. The normalized spacial score (nSPS) is 10.6. The van der Waals surface area contributed by atoms with Gasteiger partial charge in [0.2, 0.25) is 0 Å². The molecule has 1 amide bonds. The Morgan fingerprint density at radius 1 is 1.38 bits per heavy atom. The van der Waals surface area contributed by atoms with Gasteiger partial charge in [-0.15, -0.1) is 5.10 Å². The van der Waals surface area contributed by atoms with Gasteiger partial charge in [0, 0.05) is 18.1 Å². The number of carbonyl (C=O) groups is 1. The second kappa shape index (κ2) is 7.19. The van der Waals surface area contributed by atoms with Crippen LogP contribution >= 0.6 is 11.6 Å². The van der Waals surface area contributed by atoms with Crippen LogP contribution in [0.15, 0.2) is 24.3 Å². The zero-order valence-electron chi connectivity index (χ0n) is 12.1. The Morgan fingerprint density at radius 3 is 2.86 bits per heavy atom. The van der Waals surface area contributed by atoms with E-state index >= 15 is 0 Å². The van der Waals surface area contributed by atoms with Crippen molar-refractivity contribution in [2.45, 2.75) is 13.3 Å². The lowest BCUT2D eigenvalue weighted by Crippen LogP contribution is -2.31. The average molecular weight is 308 g/mol. The van der Waals surface area contributed by atoms with Crippen LogP contribution < -0.4 is 10.6 Å². The van der Waals surface area contributed by atoms with Gasteiger partial charge in [-0.25, -0.2) is 4.68 Å². The molecule has 0 fully saturated rings. The molecule has 0 aliphatic heterocycles.